The van der Waals surface area contributed by atoms with Crippen LogP contribution in [0, 0.1) is 0 Å². The molecule has 1 saturated heterocycles. The van der Waals surface area contributed by atoms with Gasteiger partial charge in [0.25, 0.3) is 5.91 Å². The van der Waals surface area contributed by atoms with Crippen LogP contribution in [0.1, 0.15) is 34.9 Å². The highest BCUT2D eigenvalue weighted by Gasteiger charge is 2.27. The molecule has 0 spiro atoms. The quantitative estimate of drug-likeness (QED) is 0.788. The number of carbonyl (C=O) groups excluding carboxylic acids is 1. The molecule has 6 heteroatoms. The third kappa shape index (κ3) is 2.67. The standard InChI is InChI=1S/C17H17N5O/c23-17(15-10-18-6-7-19-15)22-8-2-4-13(11-22)14-9-12-3-1-5-20-16(12)21-14/h1,3,5-7,9-10,13H,2,4,8,11H2,(H,20,21). The molecule has 1 aliphatic rings. The van der Waals surface area contributed by atoms with Crippen LogP contribution < -0.4 is 0 Å². The minimum Gasteiger partial charge on any atom is -0.343 e. The van der Waals surface area contributed by atoms with Crippen LogP contribution >= 0.6 is 0 Å². The van der Waals surface area contributed by atoms with E-state index in [9.17, 15) is 4.79 Å². The van der Waals surface area contributed by atoms with Crippen molar-refractivity contribution < 1.29 is 4.79 Å². The van der Waals surface area contributed by atoms with E-state index in [1.54, 1.807) is 18.6 Å². The molecule has 4 heterocycles. The van der Waals surface area contributed by atoms with Gasteiger partial charge in [0.05, 0.1) is 6.20 Å². The molecule has 6 nitrogen and oxygen atoms in total. The average Bonchev–Trinajstić information content (AvgIpc) is 3.06. The highest BCUT2D eigenvalue weighted by molar-refractivity contribution is 5.92. The third-order valence-electron chi connectivity index (χ3n) is 4.34. The van der Waals surface area contributed by atoms with Gasteiger partial charge in [0.15, 0.2) is 0 Å². The molecule has 1 atom stereocenters. The Kier molecular flexibility index (Phi) is 3.49. The van der Waals surface area contributed by atoms with Crippen molar-refractivity contribution in [1.82, 2.24) is 24.8 Å². The fraction of sp³-hybridized carbons (Fsp3) is 0.294. The van der Waals surface area contributed by atoms with E-state index >= 15 is 0 Å². The highest BCUT2D eigenvalue weighted by atomic mass is 16.2. The second-order valence-corrected chi connectivity index (χ2v) is 5.85. The summed E-state index contributed by atoms with van der Waals surface area (Å²) in [5, 5.41) is 1.11. The molecule has 1 amide bonds. The molecule has 1 N–H and O–H groups in total. The Hall–Kier alpha value is -2.76. The molecule has 0 aliphatic carbocycles. The number of aromatic amines is 1. The first-order valence-electron chi connectivity index (χ1n) is 7.80. The lowest BCUT2D eigenvalue weighted by Crippen LogP contribution is -2.39. The van der Waals surface area contributed by atoms with Gasteiger partial charge in [-0.05, 0) is 31.0 Å². The van der Waals surface area contributed by atoms with Crippen molar-refractivity contribution in [2.75, 3.05) is 13.1 Å². The lowest BCUT2D eigenvalue weighted by atomic mass is 9.94. The van der Waals surface area contributed by atoms with Crippen molar-refractivity contribution in [2.24, 2.45) is 0 Å². The summed E-state index contributed by atoms with van der Waals surface area (Å²) >= 11 is 0. The Labute approximate surface area is 133 Å². The number of carbonyl (C=O) groups is 1. The van der Waals surface area contributed by atoms with Crippen LogP contribution in [-0.4, -0.2) is 43.8 Å². The van der Waals surface area contributed by atoms with E-state index in [2.05, 4.69) is 26.0 Å². The van der Waals surface area contributed by atoms with E-state index in [1.165, 1.54) is 6.20 Å². The maximum absolute atomic E-state index is 12.5. The second-order valence-electron chi connectivity index (χ2n) is 5.85. The third-order valence-corrected chi connectivity index (χ3v) is 4.34. The van der Waals surface area contributed by atoms with Crippen LogP contribution in [0.3, 0.4) is 0 Å². The molecule has 23 heavy (non-hydrogen) atoms. The summed E-state index contributed by atoms with van der Waals surface area (Å²) in [4.78, 5) is 30.3. The minimum atomic E-state index is -0.0444. The summed E-state index contributed by atoms with van der Waals surface area (Å²) in [6, 6.07) is 6.13. The molecule has 1 aliphatic heterocycles. The first-order chi connectivity index (χ1) is 11.3. The predicted molar refractivity (Wildman–Crippen MR) is 86.0 cm³/mol. The number of rotatable bonds is 2. The van der Waals surface area contributed by atoms with Crippen molar-refractivity contribution in [2.45, 2.75) is 18.8 Å². The predicted octanol–water partition coefficient (Wildman–Crippen LogP) is 2.37. The zero-order chi connectivity index (χ0) is 15.6. The number of aromatic nitrogens is 4. The van der Waals surface area contributed by atoms with E-state index in [4.69, 9.17) is 0 Å². The molecule has 1 fully saturated rings. The number of nitrogens with one attached hydrogen (secondary N) is 1. The Balaban J connectivity index is 1.56. The molecule has 3 aromatic heterocycles. The van der Waals surface area contributed by atoms with Crippen LogP contribution in [0.5, 0.6) is 0 Å². The number of hydrogen-bond acceptors (Lipinski definition) is 4. The van der Waals surface area contributed by atoms with Crippen LogP contribution in [0.4, 0.5) is 0 Å². The average molecular weight is 307 g/mol. The molecule has 4 rings (SSSR count). The van der Waals surface area contributed by atoms with E-state index < -0.39 is 0 Å². The maximum Gasteiger partial charge on any atom is 0.274 e. The van der Waals surface area contributed by atoms with E-state index in [1.807, 2.05) is 17.0 Å². The summed E-state index contributed by atoms with van der Waals surface area (Å²) in [7, 11) is 0. The van der Waals surface area contributed by atoms with E-state index in [0.717, 1.165) is 36.1 Å². The van der Waals surface area contributed by atoms with Crippen LogP contribution in [-0.2, 0) is 0 Å². The summed E-state index contributed by atoms with van der Waals surface area (Å²) in [6.45, 7) is 1.46. The Bertz CT molecular complexity index is 796. The second kappa shape index (κ2) is 5.79. The number of amides is 1. The Morgan fingerprint density at radius 3 is 3.04 bits per heavy atom. The smallest absolute Gasteiger partial charge is 0.274 e. The first-order valence-corrected chi connectivity index (χ1v) is 7.80. The van der Waals surface area contributed by atoms with Gasteiger partial charge in [-0.1, -0.05) is 0 Å². The van der Waals surface area contributed by atoms with Gasteiger partial charge >= 0.3 is 0 Å². The number of H-pyrrole nitrogens is 1. The van der Waals surface area contributed by atoms with Gasteiger partial charge < -0.3 is 9.88 Å². The normalized spacial score (nSPS) is 18.3. The van der Waals surface area contributed by atoms with Crippen molar-refractivity contribution in [3.8, 4) is 0 Å². The number of fused-ring (bicyclic) bond motifs is 1. The van der Waals surface area contributed by atoms with E-state index in [-0.39, 0.29) is 5.91 Å². The molecular formula is C17H17N5O. The fourth-order valence-corrected chi connectivity index (χ4v) is 3.19. The zero-order valence-corrected chi connectivity index (χ0v) is 12.6. The molecule has 0 saturated carbocycles. The maximum atomic E-state index is 12.5. The number of nitrogens with zero attached hydrogens (tertiary/aromatic N) is 4. The highest BCUT2D eigenvalue weighted by Crippen LogP contribution is 2.28. The number of pyridine rings is 1. The summed E-state index contributed by atoms with van der Waals surface area (Å²) in [6.07, 6.45) is 8.49. The molecule has 116 valence electrons. The van der Waals surface area contributed by atoms with E-state index in [0.29, 0.717) is 18.2 Å². The van der Waals surface area contributed by atoms with Crippen molar-refractivity contribution >= 4 is 16.9 Å². The largest absolute Gasteiger partial charge is 0.343 e. The lowest BCUT2D eigenvalue weighted by molar-refractivity contribution is 0.0699. The number of piperidine rings is 1. The lowest BCUT2D eigenvalue weighted by Gasteiger charge is -2.32. The van der Waals surface area contributed by atoms with Crippen LogP contribution in [0.25, 0.3) is 11.0 Å². The Morgan fingerprint density at radius 1 is 1.26 bits per heavy atom. The van der Waals surface area contributed by atoms with Crippen LogP contribution in [0.2, 0.25) is 0 Å². The summed E-state index contributed by atoms with van der Waals surface area (Å²) < 4.78 is 0. The molecule has 0 bridgehead atoms. The van der Waals surface area contributed by atoms with Gasteiger partial charge in [-0.2, -0.15) is 0 Å². The molecule has 1 unspecified atom stereocenters. The number of hydrogen-bond donors (Lipinski definition) is 1. The monoisotopic (exact) mass is 307 g/mol. The first kappa shape index (κ1) is 13.9. The topological polar surface area (TPSA) is 74.8 Å². The molecular weight excluding hydrogens is 290 g/mol. The SMILES string of the molecule is O=C(c1cnccn1)N1CCCC(c2cc3cccnc3[nH]2)C1. The van der Waals surface area contributed by atoms with Crippen molar-refractivity contribution in [3.63, 3.8) is 0 Å². The molecule has 0 aromatic carbocycles. The zero-order valence-electron chi connectivity index (χ0n) is 12.6. The van der Waals surface area contributed by atoms with Gasteiger partial charge in [0.1, 0.15) is 11.3 Å². The van der Waals surface area contributed by atoms with Gasteiger partial charge in [-0.15, -0.1) is 0 Å². The molecule has 3 aromatic rings. The fourth-order valence-electron chi connectivity index (χ4n) is 3.19. The summed E-state index contributed by atoms with van der Waals surface area (Å²) in [5.41, 5.74) is 2.46. The van der Waals surface area contributed by atoms with Gasteiger partial charge in [0.2, 0.25) is 0 Å². The Morgan fingerprint density at radius 2 is 2.22 bits per heavy atom. The van der Waals surface area contributed by atoms with Crippen molar-refractivity contribution in [3.05, 3.63) is 54.4 Å². The minimum absolute atomic E-state index is 0.0444. The van der Waals surface area contributed by atoms with Crippen molar-refractivity contribution in [1.29, 1.82) is 0 Å². The van der Waals surface area contributed by atoms with Gasteiger partial charge in [0, 0.05) is 48.7 Å². The molecule has 0 radical (unpaired) electrons. The van der Waals surface area contributed by atoms with Gasteiger partial charge in [-0.3, -0.25) is 9.78 Å². The number of likely N-dealkylation sites (tertiary alicyclic amines) is 1. The summed E-state index contributed by atoms with van der Waals surface area (Å²) in [5.74, 6) is 0.260. The van der Waals surface area contributed by atoms with Gasteiger partial charge in [-0.25, -0.2) is 9.97 Å². The van der Waals surface area contributed by atoms with Crippen LogP contribution in [0.15, 0.2) is 43.0 Å².